The van der Waals surface area contributed by atoms with Crippen LogP contribution in [0, 0.1) is 33.8 Å². The number of thiophene rings is 1. The summed E-state index contributed by atoms with van der Waals surface area (Å²) in [5.74, 6) is -0.0625. The number of benzene rings is 3. The first-order valence-corrected chi connectivity index (χ1v) is 13.4. The van der Waals surface area contributed by atoms with E-state index in [1.807, 2.05) is 17.5 Å². The Labute approximate surface area is 248 Å². The quantitative estimate of drug-likeness (QED) is 0.115. The maximum absolute atomic E-state index is 10.0. The molecule has 0 fully saturated rings. The van der Waals surface area contributed by atoms with Gasteiger partial charge in [-0.2, -0.15) is 0 Å². The van der Waals surface area contributed by atoms with Gasteiger partial charge in [0.1, 0.15) is 0 Å². The van der Waals surface area contributed by atoms with Crippen molar-refractivity contribution in [2.75, 3.05) is 0 Å². The minimum atomic E-state index is -0.125. The molecular formula is C34H32IrNO2S-. The van der Waals surface area contributed by atoms with Crippen LogP contribution in [0.5, 0.6) is 0 Å². The summed E-state index contributed by atoms with van der Waals surface area (Å²) >= 11 is 1.82. The van der Waals surface area contributed by atoms with Crippen LogP contribution in [0.1, 0.15) is 36.1 Å². The largest absolute Gasteiger partial charge is 0.512 e. The molecular weight excluding hydrogens is 679 g/mol. The average Bonchev–Trinajstić information content (AvgIpc) is 3.27. The minimum absolute atomic E-state index is 0. The predicted molar refractivity (Wildman–Crippen MR) is 161 cm³/mol. The van der Waals surface area contributed by atoms with Crippen LogP contribution in [0.25, 0.3) is 42.9 Å². The molecule has 1 N–H and O–H groups in total. The van der Waals surface area contributed by atoms with Gasteiger partial charge in [-0.3, -0.25) is 4.79 Å². The van der Waals surface area contributed by atoms with Gasteiger partial charge in [-0.15, -0.1) is 46.2 Å². The van der Waals surface area contributed by atoms with Crippen molar-refractivity contribution in [3.63, 3.8) is 0 Å². The molecule has 0 spiro atoms. The Morgan fingerprint density at radius 2 is 1.54 bits per heavy atom. The van der Waals surface area contributed by atoms with Crippen LogP contribution in [-0.4, -0.2) is 15.9 Å². The Kier molecular flexibility index (Phi) is 10.2. The van der Waals surface area contributed by atoms with Gasteiger partial charge in [0, 0.05) is 47.3 Å². The second-order valence-electron chi connectivity index (χ2n) is 9.71. The summed E-state index contributed by atoms with van der Waals surface area (Å²) in [5.41, 5.74) is 10.9. The normalized spacial score (nSPS) is 11.0. The summed E-state index contributed by atoms with van der Waals surface area (Å²) in [6.07, 6.45) is 3.15. The maximum Gasteiger partial charge on any atom is 0.155 e. The van der Waals surface area contributed by atoms with Crippen molar-refractivity contribution in [3.8, 4) is 32.8 Å². The maximum atomic E-state index is 10.0. The van der Waals surface area contributed by atoms with Crippen molar-refractivity contribution in [1.29, 1.82) is 0 Å². The summed E-state index contributed by atoms with van der Waals surface area (Å²) in [4.78, 5) is 16.0. The van der Waals surface area contributed by atoms with Crippen molar-refractivity contribution in [1.82, 2.24) is 4.98 Å². The third-order valence-corrected chi connectivity index (χ3v) is 7.32. The van der Waals surface area contributed by atoms with Crippen LogP contribution in [0.4, 0.5) is 0 Å². The number of allylic oxidation sites excluding steroid dienone is 2. The predicted octanol–water partition coefficient (Wildman–Crippen LogP) is 9.37. The fourth-order valence-electron chi connectivity index (χ4n) is 4.62. The van der Waals surface area contributed by atoms with E-state index in [4.69, 9.17) is 10.1 Å². The molecule has 2 heterocycles. The zero-order valence-corrected chi connectivity index (χ0v) is 26.3. The van der Waals surface area contributed by atoms with Crippen molar-refractivity contribution in [2.24, 2.45) is 0 Å². The van der Waals surface area contributed by atoms with E-state index in [0.717, 1.165) is 16.8 Å². The van der Waals surface area contributed by atoms with Gasteiger partial charge in [-0.05, 0) is 67.3 Å². The van der Waals surface area contributed by atoms with Gasteiger partial charge in [0.15, 0.2) is 5.78 Å². The molecule has 0 saturated carbocycles. The number of hydrogen-bond donors (Lipinski definition) is 1. The number of aromatic nitrogens is 1. The van der Waals surface area contributed by atoms with E-state index >= 15 is 0 Å². The number of carbonyl (C=O) groups is 1. The van der Waals surface area contributed by atoms with Gasteiger partial charge in [-0.25, -0.2) is 0 Å². The Bertz CT molecular complexity index is 1600. The number of nitrogens with zero attached hydrogens (tertiary/aromatic N) is 1. The van der Waals surface area contributed by atoms with Gasteiger partial charge in [0.05, 0.1) is 5.76 Å². The summed E-state index contributed by atoms with van der Waals surface area (Å²) in [7, 11) is 0. The van der Waals surface area contributed by atoms with Crippen LogP contribution in [0.3, 0.4) is 0 Å². The van der Waals surface area contributed by atoms with E-state index in [9.17, 15) is 4.79 Å². The molecule has 2 aromatic heterocycles. The van der Waals surface area contributed by atoms with E-state index in [-0.39, 0.29) is 31.6 Å². The fraction of sp³-hybridized carbons (Fsp3) is 0.176. The standard InChI is InChI=1S/C29H24NS.C5H8O2.Ir/c1-18-12-19(2)14-24(13-18)26-16-28-25(17-30-26)15-27(31-28)22-8-10-23(11-9-22)29-20(3)6-5-7-21(29)4;1-4(6)3-5(2)7;/h5-13,15-17H,1-4H3;3,6H,1-2H3;/q-1;;/b;4-3-;. The molecule has 0 aliphatic rings. The monoisotopic (exact) mass is 711 g/mol. The number of aliphatic hydroxyl groups excluding tert-OH is 1. The molecule has 5 aromatic rings. The van der Waals surface area contributed by atoms with Gasteiger partial charge < -0.3 is 10.1 Å². The van der Waals surface area contributed by atoms with E-state index in [0.29, 0.717) is 0 Å². The van der Waals surface area contributed by atoms with Crippen LogP contribution in [-0.2, 0) is 24.9 Å². The third kappa shape index (κ3) is 7.60. The Hall–Kier alpha value is -3.37. The summed E-state index contributed by atoms with van der Waals surface area (Å²) < 4.78 is 1.26. The summed E-state index contributed by atoms with van der Waals surface area (Å²) in [6, 6.07) is 27.6. The van der Waals surface area contributed by atoms with Crippen LogP contribution in [0.15, 0.2) is 84.8 Å². The minimum Gasteiger partial charge on any atom is -0.512 e. The van der Waals surface area contributed by atoms with E-state index in [1.165, 1.54) is 68.3 Å². The van der Waals surface area contributed by atoms with Crippen molar-refractivity contribution >= 4 is 27.2 Å². The molecule has 201 valence electrons. The van der Waals surface area contributed by atoms with Gasteiger partial charge in [0.25, 0.3) is 0 Å². The number of aliphatic hydroxyl groups is 1. The number of pyridine rings is 1. The number of fused-ring (bicyclic) bond motifs is 1. The van der Waals surface area contributed by atoms with Gasteiger partial charge in [-0.1, -0.05) is 62.4 Å². The Morgan fingerprint density at radius 3 is 2.10 bits per heavy atom. The molecule has 0 bridgehead atoms. The number of aryl methyl sites for hydroxylation is 4. The molecule has 3 nitrogen and oxygen atoms in total. The molecule has 0 amide bonds. The molecule has 0 aliphatic carbocycles. The molecule has 39 heavy (non-hydrogen) atoms. The van der Waals surface area contributed by atoms with Gasteiger partial charge >= 0.3 is 0 Å². The fourth-order valence-corrected chi connectivity index (χ4v) is 5.70. The first-order chi connectivity index (χ1) is 18.1. The number of rotatable bonds is 4. The number of carbonyl (C=O) groups excluding carboxylic acids is 1. The molecule has 0 atom stereocenters. The van der Waals surface area contributed by atoms with Crippen molar-refractivity contribution in [3.05, 3.63) is 113 Å². The zero-order chi connectivity index (χ0) is 27.4. The number of ketones is 1. The van der Waals surface area contributed by atoms with Crippen LogP contribution < -0.4 is 0 Å². The van der Waals surface area contributed by atoms with Gasteiger partial charge in [0.2, 0.25) is 0 Å². The summed E-state index contributed by atoms with van der Waals surface area (Å²) in [6.45, 7) is 11.4. The molecule has 0 unspecified atom stereocenters. The second-order valence-corrected chi connectivity index (χ2v) is 10.8. The Balaban J connectivity index is 0.000000468. The SMILES string of the molecule is CC(=O)/C=C(/C)O.Cc1[c-]c(-c2cc3sc(-c4ccc(-c5c(C)cccc5C)cc4)cc3cn2)cc(C)c1.[Ir]. The number of hydrogen-bond acceptors (Lipinski definition) is 4. The first kappa shape index (κ1) is 30.2. The van der Waals surface area contributed by atoms with Crippen LogP contribution in [0.2, 0.25) is 0 Å². The molecule has 0 saturated heterocycles. The third-order valence-electron chi connectivity index (χ3n) is 6.18. The molecule has 0 aliphatic heterocycles. The van der Waals surface area contributed by atoms with Crippen molar-refractivity contribution < 1.29 is 30.0 Å². The van der Waals surface area contributed by atoms with E-state index in [2.05, 4.69) is 100 Å². The first-order valence-electron chi connectivity index (χ1n) is 12.6. The molecule has 1 radical (unpaired) electrons. The zero-order valence-electron chi connectivity index (χ0n) is 23.0. The molecule has 5 heteroatoms. The average molecular weight is 711 g/mol. The molecule has 3 aromatic carbocycles. The van der Waals surface area contributed by atoms with Crippen molar-refractivity contribution in [2.45, 2.75) is 41.5 Å². The second kappa shape index (κ2) is 13.1. The Morgan fingerprint density at radius 1 is 0.897 bits per heavy atom. The molecule has 5 rings (SSSR count). The van der Waals surface area contributed by atoms with Crippen LogP contribution >= 0.6 is 11.3 Å². The van der Waals surface area contributed by atoms with E-state index < -0.39 is 0 Å². The topological polar surface area (TPSA) is 50.2 Å². The summed E-state index contributed by atoms with van der Waals surface area (Å²) in [5, 5.41) is 9.55. The smallest absolute Gasteiger partial charge is 0.155 e. The van der Waals surface area contributed by atoms with E-state index in [1.54, 1.807) is 0 Å².